The summed E-state index contributed by atoms with van der Waals surface area (Å²) in [4.78, 5) is 7.80. The van der Waals surface area contributed by atoms with Gasteiger partial charge in [0, 0.05) is 11.4 Å². The minimum absolute atomic E-state index is 0.754. The van der Waals surface area contributed by atoms with Gasteiger partial charge in [-0.1, -0.05) is 11.8 Å². The van der Waals surface area contributed by atoms with Gasteiger partial charge >= 0.3 is 0 Å². The van der Waals surface area contributed by atoms with E-state index >= 15 is 0 Å². The Labute approximate surface area is 121 Å². The Balaban J connectivity index is 1.78. The highest BCUT2D eigenvalue weighted by Crippen LogP contribution is 2.27. The number of imidazole rings is 1. The number of hydrogen-bond donors (Lipinski definition) is 2. The molecule has 2 aromatic heterocycles. The summed E-state index contributed by atoms with van der Waals surface area (Å²) < 4.78 is 1.16. The zero-order chi connectivity index (χ0) is 12.5. The second-order valence-electron chi connectivity index (χ2n) is 3.87. The number of aromatic nitrogens is 2. The van der Waals surface area contributed by atoms with Crippen molar-refractivity contribution in [1.82, 2.24) is 9.97 Å². The third kappa shape index (κ3) is 2.55. The molecule has 6 heteroatoms. The van der Waals surface area contributed by atoms with Crippen LogP contribution >= 0.6 is 39.0 Å². The highest BCUT2D eigenvalue weighted by atomic mass is 79.9. The van der Waals surface area contributed by atoms with Gasteiger partial charge in [-0.2, -0.15) is 0 Å². The average molecular weight is 340 g/mol. The number of nitrogen functional groups attached to an aromatic ring is 1. The van der Waals surface area contributed by atoms with Crippen LogP contribution in [0.2, 0.25) is 0 Å². The van der Waals surface area contributed by atoms with Gasteiger partial charge in [0.2, 0.25) is 0 Å². The molecule has 0 saturated heterocycles. The Morgan fingerprint density at radius 1 is 1.39 bits per heavy atom. The van der Waals surface area contributed by atoms with E-state index in [4.69, 9.17) is 5.73 Å². The molecule has 92 valence electrons. The second kappa shape index (κ2) is 4.95. The minimum Gasteiger partial charge on any atom is -0.399 e. The molecule has 0 atom stereocenters. The Morgan fingerprint density at radius 3 is 3.06 bits per heavy atom. The molecule has 0 saturated carbocycles. The SMILES string of the molecule is Nc1ccc2nc(SCc3csc(Br)c3)[nH]c2c1. The van der Waals surface area contributed by atoms with E-state index in [-0.39, 0.29) is 0 Å². The van der Waals surface area contributed by atoms with Gasteiger partial charge in [-0.25, -0.2) is 4.98 Å². The molecule has 0 unspecified atom stereocenters. The largest absolute Gasteiger partial charge is 0.399 e. The molecule has 2 heterocycles. The van der Waals surface area contributed by atoms with E-state index in [0.29, 0.717) is 0 Å². The zero-order valence-corrected chi connectivity index (χ0v) is 12.5. The number of H-pyrrole nitrogens is 1. The molecule has 3 aromatic rings. The van der Waals surface area contributed by atoms with E-state index in [1.54, 1.807) is 23.1 Å². The monoisotopic (exact) mass is 339 g/mol. The molecule has 0 bridgehead atoms. The van der Waals surface area contributed by atoms with E-state index in [1.807, 2.05) is 18.2 Å². The number of aromatic amines is 1. The quantitative estimate of drug-likeness (QED) is 0.553. The van der Waals surface area contributed by atoms with Gasteiger partial charge in [-0.05, 0) is 51.1 Å². The fourth-order valence-corrected chi connectivity index (χ4v) is 3.78. The van der Waals surface area contributed by atoms with Gasteiger partial charge in [0.25, 0.3) is 0 Å². The van der Waals surface area contributed by atoms with Crippen LogP contribution in [0.3, 0.4) is 0 Å². The second-order valence-corrected chi connectivity index (χ2v) is 7.12. The predicted octanol–water partition coefficient (Wildman–Crippen LogP) is 4.26. The van der Waals surface area contributed by atoms with Crippen LogP contribution < -0.4 is 5.73 Å². The highest BCUT2D eigenvalue weighted by Gasteiger charge is 2.05. The lowest BCUT2D eigenvalue weighted by Crippen LogP contribution is -1.82. The molecular formula is C12H10BrN3S2. The van der Waals surface area contributed by atoms with Crippen molar-refractivity contribution in [2.24, 2.45) is 0 Å². The topological polar surface area (TPSA) is 54.7 Å². The van der Waals surface area contributed by atoms with Gasteiger partial charge in [-0.15, -0.1) is 11.3 Å². The van der Waals surface area contributed by atoms with Crippen LogP contribution in [-0.2, 0) is 5.75 Å². The lowest BCUT2D eigenvalue weighted by molar-refractivity contribution is 1.08. The van der Waals surface area contributed by atoms with Crippen molar-refractivity contribution >= 4 is 55.7 Å². The van der Waals surface area contributed by atoms with Crippen molar-refractivity contribution in [3.8, 4) is 0 Å². The van der Waals surface area contributed by atoms with Crippen molar-refractivity contribution in [3.05, 3.63) is 39.0 Å². The number of anilines is 1. The van der Waals surface area contributed by atoms with Gasteiger partial charge in [0.1, 0.15) is 0 Å². The smallest absolute Gasteiger partial charge is 0.166 e. The van der Waals surface area contributed by atoms with Gasteiger partial charge in [0.05, 0.1) is 14.8 Å². The van der Waals surface area contributed by atoms with Crippen molar-refractivity contribution < 1.29 is 0 Å². The molecule has 1 aromatic carbocycles. The van der Waals surface area contributed by atoms with Crippen LogP contribution in [0.25, 0.3) is 11.0 Å². The number of fused-ring (bicyclic) bond motifs is 1. The van der Waals surface area contributed by atoms with E-state index in [9.17, 15) is 0 Å². The number of nitrogens with one attached hydrogen (secondary N) is 1. The number of benzene rings is 1. The maximum absolute atomic E-state index is 5.74. The molecule has 0 radical (unpaired) electrons. The molecule has 0 amide bonds. The fraction of sp³-hybridized carbons (Fsp3) is 0.0833. The summed E-state index contributed by atoms with van der Waals surface area (Å²) in [5.41, 5.74) is 9.75. The predicted molar refractivity (Wildman–Crippen MR) is 82.1 cm³/mol. The number of halogens is 1. The zero-order valence-electron chi connectivity index (χ0n) is 9.31. The Bertz CT molecular complexity index is 690. The van der Waals surface area contributed by atoms with Gasteiger partial charge in [0.15, 0.2) is 5.16 Å². The van der Waals surface area contributed by atoms with Crippen molar-refractivity contribution in [2.75, 3.05) is 5.73 Å². The highest BCUT2D eigenvalue weighted by molar-refractivity contribution is 9.11. The average Bonchev–Trinajstić information content (AvgIpc) is 2.92. The van der Waals surface area contributed by atoms with Crippen molar-refractivity contribution in [3.63, 3.8) is 0 Å². The molecule has 0 fully saturated rings. The van der Waals surface area contributed by atoms with Crippen LogP contribution in [0.4, 0.5) is 5.69 Å². The van der Waals surface area contributed by atoms with Crippen LogP contribution in [0.1, 0.15) is 5.56 Å². The Morgan fingerprint density at radius 2 is 2.28 bits per heavy atom. The molecule has 3 rings (SSSR count). The van der Waals surface area contributed by atoms with Crippen molar-refractivity contribution in [2.45, 2.75) is 10.9 Å². The molecule has 0 aliphatic heterocycles. The van der Waals surface area contributed by atoms with Crippen LogP contribution in [-0.4, -0.2) is 9.97 Å². The summed E-state index contributed by atoms with van der Waals surface area (Å²) in [5.74, 6) is 0.914. The standard InChI is InChI=1S/C12H10BrN3S2/c13-11-3-7(5-17-11)6-18-12-15-9-2-1-8(14)4-10(9)16-12/h1-5H,6,14H2,(H,15,16). The number of hydrogen-bond acceptors (Lipinski definition) is 4. The fourth-order valence-electron chi connectivity index (χ4n) is 1.65. The number of thioether (sulfide) groups is 1. The summed E-state index contributed by atoms with van der Waals surface area (Å²) >= 11 is 6.87. The number of nitrogens with zero attached hydrogens (tertiary/aromatic N) is 1. The van der Waals surface area contributed by atoms with Gasteiger partial charge < -0.3 is 10.7 Å². The first kappa shape index (κ1) is 12.1. The Hall–Kier alpha value is -0.980. The number of nitrogens with two attached hydrogens (primary N) is 1. The molecule has 0 aliphatic rings. The third-order valence-corrected chi connectivity index (χ3v) is 4.98. The first-order valence-corrected chi connectivity index (χ1v) is 7.97. The summed E-state index contributed by atoms with van der Waals surface area (Å²) in [6, 6.07) is 7.85. The number of rotatable bonds is 3. The summed E-state index contributed by atoms with van der Waals surface area (Å²) in [5, 5.41) is 3.08. The normalized spacial score (nSPS) is 11.2. The molecule has 0 aliphatic carbocycles. The molecule has 0 spiro atoms. The summed E-state index contributed by atoms with van der Waals surface area (Å²) in [7, 11) is 0. The van der Waals surface area contributed by atoms with E-state index in [1.165, 1.54) is 5.56 Å². The van der Waals surface area contributed by atoms with Crippen molar-refractivity contribution in [1.29, 1.82) is 0 Å². The lowest BCUT2D eigenvalue weighted by atomic mass is 10.3. The van der Waals surface area contributed by atoms with Gasteiger partial charge in [-0.3, -0.25) is 0 Å². The Kier molecular flexibility index (Phi) is 3.32. The lowest BCUT2D eigenvalue weighted by Gasteiger charge is -1.93. The molecular weight excluding hydrogens is 330 g/mol. The van der Waals surface area contributed by atoms with Crippen LogP contribution in [0.5, 0.6) is 0 Å². The maximum Gasteiger partial charge on any atom is 0.166 e. The maximum atomic E-state index is 5.74. The summed E-state index contributed by atoms with van der Waals surface area (Å²) in [6.45, 7) is 0. The first-order chi connectivity index (χ1) is 8.70. The molecule has 3 N–H and O–H groups in total. The van der Waals surface area contributed by atoms with E-state index in [2.05, 4.69) is 37.3 Å². The van der Waals surface area contributed by atoms with Crippen LogP contribution in [0, 0.1) is 0 Å². The van der Waals surface area contributed by atoms with Crippen LogP contribution in [0.15, 0.2) is 38.6 Å². The third-order valence-electron chi connectivity index (χ3n) is 2.48. The minimum atomic E-state index is 0.754. The molecule has 3 nitrogen and oxygen atoms in total. The number of thiophene rings is 1. The van der Waals surface area contributed by atoms with E-state index < -0.39 is 0 Å². The molecule has 18 heavy (non-hydrogen) atoms. The first-order valence-electron chi connectivity index (χ1n) is 5.32. The van der Waals surface area contributed by atoms with E-state index in [0.717, 1.165) is 31.4 Å². The summed E-state index contributed by atoms with van der Waals surface area (Å²) in [6.07, 6.45) is 0.